The van der Waals surface area contributed by atoms with Crippen molar-refractivity contribution in [1.82, 2.24) is 0 Å². The van der Waals surface area contributed by atoms with E-state index in [0.29, 0.717) is 17.4 Å². The lowest BCUT2D eigenvalue weighted by atomic mass is 9.72. The molecule has 0 heterocycles. The van der Waals surface area contributed by atoms with Gasteiger partial charge in [0.15, 0.2) is 0 Å². The summed E-state index contributed by atoms with van der Waals surface area (Å²) < 4.78 is 10.5. The van der Waals surface area contributed by atoms with Crippen LogP contribution in [0.15, 0.2) is 30.3 Å². The van der Waals surface area contributed by atoms with Crippen LogP contribution in [-0.4, -0.2) is 36.1 Å². The molecule has 9 heteroatoms. The van der Waals surface area contributed by atoms with E-state index in [4.69, 9.17) is 14.4 Å². The molecule has 0 atom stereocenters. The Labute approximate surface area is 251 Å². The summed E-state index contributed by atoms with van der Waals surface area (Å²) in [7, 11) is 0. The highest BCUT2D eigenvalue weighted by molar-refractivity contribution is 5.88. The second-order valence-corrected chi connectivity index (χ2v) is 14.5. The molecule has 0 radical (unpaired) electrons. The van der Waals surface area contributed by atoms with Gasteiger partial charge in [0.05, 0.1) is 5.56 Å². The lowest BCUT2D eigenvalue weighted by Gasteiger charge is -2.36. The average Bonchev–Trinajstić information content (AvgIpc) is 2.91. The largest absolute Gasteiger partial charge is 0.550 e. The zero-order valence-electron chi connectivity index (χ0n) is 27.0. The van der Waals surface area contributed by atoms with E-state index in [1.807, 2.05) is 26.8 Å². The highest BCUT2D eigenvalue weighted by atomic mass is 17.3. The summed E-state index contributed by atoms with van der Waals surface area (Å²) in [5.74, 6) is 0.784. The van der Waals surface area contributed by atoms with Gasteiger partial charge in [0.25, 0.3) is 0 Å². The summed E-state index contributed by atoms with van der Waals surface area (Å²) in [5.41, 5.74) is 0.538. The van der Waals surface area contributed by atoms with Crippen LogP contribution in [0.2, 0.25) is 0 Å². The van der Waals surface area contributed by atoms with Crippen molar-refractivity contribution in [2.75, 3.05) is 0 Å². The summed E-state index contributed by atoms with van der Waals surface area (Å²) in [4.78, 5) is 53.4. The maximum absolute atomic E-state index is 11.8. The SMILES string of the molecule is CC(C)(C)C1CCC(OC(=O)OOC(=O)OC2CCC(C(C)(C)C)CC2)CC1.CC(C)(C)OOC(=O)c1ccccc1. The molecular formula is C33H52O9. The van der Waals surface area contributed by atoms with Gasteiger partial charge < -0.3 is 9.47 Å². The maximum atomic E-state index is 11.8. The smallest absolute Gasteiger partial charge is 0.428 e. The molecule has 0 amide bonds. The Kier molecular flexibility index (Phi) is 13.1. The lowest BCUT2D eigenvalue weighted by Crippen LogP contribution is -2.31. The fourth-order valence-electron chi connectivity index (χ4n) is 5.26. The molecule has 2 fully saturated rings. The normalized spacial score (nSPS) is 23.0. The van der Waals surface area contributed by atoms with Crippen molar-refractivity contribution in [2.24, 2.45) is 22.7 Å². The van der Waals surface area contributed by atoms with Crippen LogP contribution >= 0.6 is 0 Å². The summed E-state index contributed by atoms with van der Waals surface area (Å²) in [6.45, 7) is 18.9. The summed E-state index contributed by atoms with van der Waals surface area (Å²) in [6, 6.07) is 8.73. The van der Waals surface area contributed by atoms with E-state index in [-0.39, 0.29) is 23.0 Å². The summed E-state index contributed by atoms with van der Waals surface area (Å²) in [5, 5.41) is 0. The number of ether oxygens (including phenoxy) is 2. The van der Waals surface area contributed by atoms with Crippen molar-refractivity contribution in [3.05, 3.63) is 35.9 Å². The van der Waals surface area contributed by atoms with Gasteiger partial charge in [-0.1, -0.05) is 59.7 Å². The number of hydrogen-bond donors (Lipinski definition) is 0. The van der Waals surface area contributed by atoms with Gasteiger partial charge >= 0.3 is 18.3 Å². The standard InChI is InChI=1S/C22H38O6.C11H14O3/c1-21(2,3)15-7-11-17(12-8-15)25-19(23)27-28-20(24)26-18-13-9-16(10-14-18)22(4,5)6;1-11(2,3)14-13-10(12)9-7-5-4-6-8-9/h15-18H,7-14H2,1-6H3;4-8H,1-3H3. The minimum absolute atomic E-state index is 0.182. The molecule has 0 N–H and O–H groups in total. The van der Waals surface area contributed by atoms with E-state index in [0.717, 1.165) is 51.4 Å². The Morgan fingerprint density at radius 1 is 0.571 bits per heavy atom. The van der Waals surface area contributed by atoms with Gasteiger partial charge in [-0.15, -0.1) is 0 Å². The molecule has 2 aliphatic rings. The molecule has 0 saturated heterocycles. The summed E-state index contributed by atoms with van der Waals surface area (Å²) >= 11 is 0. The number of benzene rings is 1. The molecule has 1 aromatic rings. The first kappa shape index (κ1) is 35.4. The Balaban J connectivity index is 0.000000369. The fourth-order valence-corrected chi connectivity index (χ4v) is 5.26. The molecule has 0 aliphatic heterocycles. The molecule has 0 unspecified atom stereocenters. The van der Waals surface area contributed by atoms with E-state index in [2.05, 4.69) is 56.2 Å². The molecule has 238 valence electrons. The quantitative estimate of drug-likeness (QED) is 0.192. The first-order valence-electron chi connectivity index (χ1n) is 15.1. The minimum atomic E-state index is -0.979. The van der Waals surface area contributed by atoms with Crippen LogP contribution in [0.1, 0.15) is 124 Å². The molecule has 3 rings (SSSR count). The number of carbonyl (C=O) groups is 3. The van der Waals surface area contributed by atoms with Crippen LogP contribution in [0.5, 0.6) is 0 Å². The second kappa shape index (κ2) is 15.6. The fraction of sp³-hybridized carbons (Fsp3) is 0.727. The van der Waals surface area contributed by atoms with Crippen molar-refractivity contribution in [3.8, 4) is 0 Å². The maximum Gasteiger partial charge on any atom is 0.550 e. The van der Waals surface area contributed by atoms with Crippen LogP contribution < -0.4 is 0 Å². The third kappa shape index (κ3) is 13.4. The third-order valence-corrected chi connectivity index (χ3v) is 7.88. The van der Waals surface area contributed by atoms with Gasteiger partial charge in [-0.2, -0.15) is 24.3 Å². The number of rotatable bonds is 4. The van der Waals surface area contributed by atoms with Crippen molar-refractivity contribution in [2.45, 2.75) is 131 Å². The lowest BCUT2D eigenvalue weighted by molar-refractivity contribution is -0.301. The van der Waals surface area contributed by atoms with Gasteiger partial charge in [-0.05, 0) is 107 Å². The van der Waals surface area contributed by atoms with E-state index >= 15 is 0 Å². The van der Waals surface area contributed by atoms with E-state index in [1.54, 1.807) is 24.3 Å². The number of hydrogen-bond acceptors (Lipinski definition) is 9. The van der Waals surface area contributed by atoms with Crippen LogP contribution in [0.25, 0.3) is 0 Å². The van der Waals surface area contributed by atoms with Crippen molar-refractivity contribution in [1.29, 1.82) is 0 Å². The highest BCUT2D eigenvalue weighted by Crippen LogP contribution is 2.39. The monoisotopic (exact) mass is 592 g/mol. The van der Waals surface area contributed by atoms with Crippen molar-refractivity contribution < 1.29 is 43.4 Å². The van der Waals surface area contributed by atoms with Gasteiger partial charge in [-0.3, -0.25) is 4.89 Å². The Bertz CT molecular complexity index is 922. The van der Waals surface area contributed by atoms with Gasteiger partial charge in [-0.25, -0.2) is 4.79 Å². The number of carbonyl (C=O) groups excluding carboxylic acids is 3. The van der Waals surface area contributed by atoms with E-state index in [1.165, 1.54) is 0 Å². The van der Waals surface area contributed by atoms with E-state index in [9.17, 15) is 14.4 Å². The van der Waals surface area contributed by atoms with E-state index < -0.39 is 23.9 Å². The highest BCUT2D eigenvalue weighted by Gasteiger charge is 2.33. The molecule has 9 nitrogen and oxygen atoms in total. The molecular weight excluding hydrogens is 540 g/mol. The Morgan fingerprint density at radius 3 is 1.29 bits per heavy atom. The molecule has 0 spiro atoms. The first-order valence-corrected chi connectivity index (χ1v) is 15.1. The average molecular weight is 593 g/mol. The van der Waals surface area contributed by atoms with Crippen molar-refractivity contribution in [3.63, 3.8) is 0 Å². The van der Waals surface area contributed by atoms with Gasteiger partial charge in [0.2, 0.25) is 0 Å². The molecule has 1 aromatic carbocycles. The van der Waals surface area contributed by atoms with Crippen LogP contribution in [0.3, 0.4) is 0 Å². The molecule has 0 bridgehead atoms. The molecule has 42 heavy (non-hydrogen) atoms. The predicted octanol–water partition coefficient (Wildman–Crippen LogP) is 8.99. The second-order valence-electron chi connectivity index (χ2n) is 14.5. The van der Waals surface area contributed by atoms with Gasteiger partial charge in [0, 0.05) is 0 Å². The van der Waals surface area contributed by atoms with Crippen LogP contribution in [0.4, 0.5) is 9.59 Å². The molecule has 2 saturated carbocycles. The Hall–Kier alpha value is -2.81. The summed E-state index contributed by atoms with van der Waals surface area (Å²) in [6.07, 6.45) is 4.96. The molecule has 2 aliphatic carbocycles. The predicted molar refractivity (Wildman–Crippen MR) is 158 cm³/mol. The zero-order chi connectivity index (χ0) is 31.6. The van der Waals surface area contributed by atoms with Crippen LogP contribution in [0, 0.1) is 22.7 Å². The van der Waals surface area contributed by atoms with Crippen LogP contribution in [-0.2, 0) is 29.0 Å². The zero-order valence-corrected chi connectivity index (χ0v) is 27.0. The van der Waals surface area contributed by atoms with Gasteiger partial charge in [0.1, 0.15) is 17.8 Å². The molecule has 0 aromatic heterocycles. The topological polar surface area (TPSA) is 107 Å². The first-order chi connectivity index (χ1) is 19.4. The Morgan fingerprint density at radius 2 is 0.952 bits per heavy atom. The third-order valence-electron chi connectivity index (χ3n) is 7.88. The van der Waals surface area contributed by atoms with Crippen molar-refractivity contribution >= 4 is 18.3 Å². The minimum Gasteiger partial charge on any atom is -0.428 e.